The Balaban J connectivity index is 1.31. The summed E-state index contributed by atoms with van der Waals surface area (Å²) >= 11 is 13.3. The third-order valence-electron chi connectivity index (χ3n) is 6.96. The lowest BCUT2D eigenvalue weighted by Crippen LogP contribution is -2.41. The van der Waals surface area contributed by atoms with Crippen LogP contribution in [0.3, 0.4) is 0 Å². The number of aromatic nitrogens is 2. The van der Waals surface area contributed by atoms with Crippen LogP contribution in [0.4, 0.5) is 0 Å². The molecule has 1 amide bonds. The van der Waals surface area contributed by atoms with Crippen molar-refractivity contribution in [3.05, 3.63) is 69.7 Å². The Morgan fingerprint density at radius 3 is 2.47 bits per heavy atom. The van der Waals surface area contributed by atoms with Crippen molar-refractivity contribution in [1.82, 2.24) is 14.9 Å². The number of likely N-dealkylation sites (tertiary alicyclic amines) is 1. The van der Waals surface area contributed by atoms with Crippen molar-refractivity contribution < 1.29 is 13.2 Å². The number of fused-ring (bicyclic) bond motifs is 1. The number of carbonyl (C=O) groups excluding carboxylic acids is 1. The van der Waals surface area contributed by atoms with E-state index in [-0.39, 0.29) is 22.8 Å². The van der Waals surface area contributed by atoms with Crippen LogP contribution >= 0.6 is 23.2 Å². The summed E-state index contributed by atoms with van der Waals surface area (Å²) in [6, 6.07) is 10.5. The summed E-state index contributed by atoms with van der Waals surface area (Å²) in [5, 5.41) is 1.03. The van der Waals surface area contributed by atoms with E-state index in [4.69, 9.17) is 23.2 Å². The number of nitrogens with zero attached hydrogens (tertiary/aromatic N) is 2. The van der Waals surface area contributed by atoms with Crippen molar-refractivity contribution in [2.45, 2.75) is 43.0 Å². The molecule has 0 radical (unpaired) electrons. The Kier molecular flexibility index (Phi) is 6.21. The van der Waals surface area contributed by atoms with Crippen LogP contribution in [-0.4, -0.2) is 48.0 Å². The molecule has 1 fully saturated rings. The van der Waals surface area contributed by atoms with Gasteiger partial charge in [-0.25, -0.2) is 13.4 Å². The molecule has 0 bridgehead atoms. The minimum atomic E-state index is -3.26. The highest BCUT2D eigenvalue weighted by Crippen LogP contribution is 2.36. The quantitative estimate of drug-likeness (QED) is 0.529. The number of benzene rings is 2. The van der Waals surface area contributed by atoms with Crippen LogP contribution in [0.1, 0.15) is 29.8 Å². The van der Waals surface area contributed by atoms with Crippen molar-refractivity contribution in [2.75, 3.05) is 12.8 Å². The Bertz CT molecular complexity index is 1330. The number of imidazole rings is 1. The molecule has 2 atom stereocenters. The maximum Gasteiger partial charge on any atom is 0.226 e. The molecule has 2 aliphatic rings. The minimum Gasteiger partial charge on any atom is -0.348 e. The van der Waals surface area contributed by atoms with Crippen LogP contribution in [-0.2, 0) is 33.9 Å². The van der Waals surface area contributed by atoms with Gasteiger partial charge in [-0.15, -0.1) is 0 Å². The second-order valence-corrected chi connectivity index (χ2v) is 12.0. The summed E-state index contributed by atoms with van der Waals surface area (Å²) < 4.78 is 23.4. The molecular formula is C25H25Cl2N3O3S. The number of amides is 1. The van der Waals surface area contributed by atoms with Gasteiger partial charge in [0.2, 0.25) is 5.91 Å². The van der Waals surface area contributed by atoms with Gasteiger partial charge in [0.1, 0.15) is 0 Å². The molecule has 2 heterocycles. The molecule has 178 valence electrons. The van der Waals surface area contributed by atoms with Crippen LogP contribution in [0.5, 0.6) is 0 Å². The second kappa shape index (κ2) is 9.02. The predicted octanol–water partition coefficient (Wildman–Crippen LogP) is 4.74. The molecule has 1 unspecified atom stereocenters. The van der Waals surface area contributed by atoms with E-state index in [0.29, 0.717) is 16.5 Å². The van der Waals surface area contributed by atoms with Crippen molar-refractivity contribution in [3.63, 3.8) is 0 Å². The van der Waals surface area contributed by atoms with E-state index in [2.05, 4.69) is 9.97 Å². The molecule has 9 heteroatoms. The van der Waals surface area contributed by atoms with Gasteiger partial charge in [0.25, 0.3) is 0 Å². The Hall–Kier alpha value is -2.35. The number of aryl methyl sites for hydroxylation is 1. The maximum atomic E-state index is 13.2. The van der Waals surface area contributed by atoms with Gasteiger partial charge in [-0.05, 0) is 66.6 Å². The molecule has 3 aromatic rings. The molecule has 34 heavy (non-hydrogen) atoms. The topological polar surface area (TPSA) is 83.1 Å². The van der Waals surface area contributed by atoms with E-state index in [9.17, 15) is 13.2 Å². The zero-order valence-corrected chi connectivity index (χ0v) is 21.1. The van der Waals surface area contributed by atoms with E-state index >= 15 is 0 Å². The SMILES string of the molecule is CS(=O)(=O)c1ccc(-c2cc(Cl)c(CC3CCN([C@@H]4CCc5nc[nH]c5C4)C3=O)c(Cl)c2)cc1. The number of aromatic amines is 1. The summed E-state index contributed by atoms with van der Waals surface area (Å²) in [6.45, 7) is 0.748. The second-order valence-electron chi connectivity index (χ2n) is 9.16. The number of sulfone groups is 1. The average Bonchev–Trinajstić information content (AvgIpc) is 3.41. The van der Waals surface area contributed by atoms with Gasteiger partial charge in [-0.1, -0.05) is 35.3 Å². The van der Waals surface area contributed by atoms with Crippen molar-refractivity contribution >= 4 is 38.9 Å². The zero-order valence-electron chi connectivity index (χ0n) is 18.7. The lowest BCUT2D eigenvalue weighted by Gasteiger charge is -2.31. The van der Waals surface area contributed by atoms with Gasteiger partial charge in [-0.2, -0.15) is 0 Å². The van der Waals surface area contributed by atoms with Crippen molar-refractivity contribution in [2.24, 2.45) is 5.92 Å². The number of hydrogen-bond donors (Lipinski definition) is 1. The standard InChI is InChI=1S/C25H25Cl2N3O3S/c1-34(32,33)19-5-2-15(3-6-19)17-11-21(26)20(22(27)12-17)10-16-8-9-30(25(16)31)18-4-7-23-24(13-18)29-14-28-23/h2-3,5-6,11-12,14,16,18H,4,7-10,13H2,1H3,(H,28,29)/t16?,18-/m1/s1. The molecule has 2 aromatic carbocycles. The lowest BCUT2D eigenvalue weighted by atomic mass is 9.94. The van der Waals surface area contributed by atoms with Gasteiger partial charge in [0.15, 0.2) is 9.84 Å². The minimum absolute atomic E-state index is 0.141. The molecule has 6 nitrogen and oxygen atoms in total. The fourth-order valence-corrected chi connectivity index (χ4v) is 6.34. The Morgan fingerprint density at radius 1 is 1.09 bits per heavy atom. The monoisotopic (exact) mass is 517 g/mol. The number of carbonyl (C=O) groups is 1. The summed E-state index contributed by atoms with van der Waals surface area (Å²) in [4.78, 5) is 23.1. The smallest absolute Gasteiger partial charge is 0.226 e. The molecule has 0 spiro atoms. The van der Waals surface area contributed by atoms with E-state index in [1.54, 1.807) is 30.6 Å². The van der Waals surface area contributed by atoms with Crippen LogP contribution in [0.2, 0.25) is 10.0 Å². The first-order valence-electron chi connectivity index (χ1n) is 11.3. The van der Waals surface area contributed by atoms with Gasteiger partial charge in [-0.3, -0.25) is 4.79 Å². The Labute approximate surface area is 209 Å². The molecule has 5 rings (SSSR count). The highest BCUT2D eigenvalue weighted by Gasteiger charge is 2.38. The van der Waals surface area contributed by atoms with E-state index in [1.165, 1.54) is 6.26 Å². The van der Waals surface area contributed by atoms with Crippen molar-refractivity contribution in [1.29, 1.82) is 0 Å². The number of nitrogens with one attached hydrogen (secondary N) is 1. The van der Waals surface area contributed by atoms with E-state index in [1.807, 2.05) is 17.0 Å². The summed E-state index contributed by atoms with van der Waals surface area (Å²) in [5.41, 5.74) is 4.65. The number of H-pyrrole nitrogens is 1. The molecule has 1 aliphatic heterocycles. The average molecular weight is 518 g/mol. The highest BCUT2D eigenvalue weighted by molar-refractivity contribution is 7.90. The van der Waals surface area contributed by atoms with E-state index in [0.717, 1.165) is 60.3 Å². The number of hydrogen-bond acceptors (Lipinski definition) is 4. The third-order valence-corrected chi connectivity index (χ3v) is 8.76. The first-order chi connectivity index (χ1) is 16.2. The van der Waals surface area contributed by atoms with Gasteiger partial charge < -0.3 is 9.88 Å². The third kappa shape index (κ3) is 4.49. The normalized spacial score (nSPS) is 20.6. The molecule has 1 N–H and O–H groups in total. The fourth-order valence-electron chi connectivity index (χ4n) is 5.07. The van der Waals surface area contributed by atoms with Gasteiger partial charge >= 0.3 is 0 Å². The van der Waals surface area contributed by atoms with Crippen LogP contribution in [0.25, 0.3) is 11.1 Å². The first-order valence-corrected chi connectivity index (χ1v) is 14.0. The molecule has 1 aliphatic carbocycles. The molecule has 1 saturated heterocycles. The van der Waals surface area contributed by atoms with Gasteiger partial charge in [0, 0.05) is 46.9 Å². The van der Waals surface area contributed by atoms with Crippen LogP contribution < -0.4 is 0 Å². The summed E-state index contributed by atoms with van der Waals surface area (Å²) in [7, 11) is -3.26. The lowest BCUT2D eigenvalue weighted by molar-refractivity contribution is -0.133. The summed E-state index contributed by atoms with van der Waals surface area (Å²) in [6.07, 6.45) is 6.85. The largest absolute Gasteiger partial charge is 0.348 e. The van der Waals surface area contributed by atoms with Crippen molar-refractivity contribution in [3.8, 4) is 11.1 Å². The summed E-state index contributed by atoms with van der Waals surface area (Å²) in [5.74, 6) is 0.0265. The number of rotatable bonds is 5. The number of halogens is 2. The molecular weight excluding hydrogens is 493 g/mol. The van der Waals surface area contributed by atoms with Gasteiger partial charge in [0.05, 0.1) is 16.9 Å². The highest BCUT2D eigenvalue weighted by atomic mass is 35.5. The zero-order chi connectivity index (χ0) is 24.0. The first kappa shape index (κ1) is 23.4. The molecule has 0 saturated carbocycles. The predicted molar refractivity (Wildman–Crippen MR) is 133 cm³/mol. The molecule has 1 aromatic heterocycles. The Morgan fingerprint density at radius 2 is 1.79 bits per heavy atom. The fraction of sp³-hybridized carbons (Fsp3) is 0.360. The van der Waals surface area contributed by atoms with Crippen LogP contribution in [0.15, 0.2) is 47.6 Å². The van der Waals surface area contributed by atoms with E-state index < -0.39 is 9.84 Å². The van der Waals surface area contributed by atoms with Crippen LogP contribution in [0, 0.1) is 5.92 Å². The maximum absolute atomic E-state index is 13.2.